The SMILES string of the molecule is CN=C(NC)N1CCC(CC(=O)NC)CC1.I. The number of amides is 1. The summed E-state index contributed by atoms with van der Waals surface area (Å²) in [5.74, 6) is 1.61. The summed E-state index contributed by atoms with van der Waals surface area (Å²) in [5.41, 5.74) is 0. The molecule has 5 nitrogen and oxygen atoms in total. The van der Waals surface area contributed by atoms with E-state index in [1.54, 1.807) is 14.1 Å². The lowest BCUT2D eigenvalue weighted by Crippen LogP contribution is -2.44. The summed E-state index contributed by atoms with van der Waals surface area (Å²) < 4.78 is 0. The maximum absolute atomic E-state index is 11.2. The van der Waals surface area contributed by atoms with Gasteiger partial charge in [-0.3, -0.25) is 9.79 Å². The number of nitrogens with zero attached hydrogens (tertiary/aromatic N) is 2. The Kier molecular flexibility index (Phi) is 8.28. The Balaban J connectivity index is 0.00000256. The number of carbonyl (C=O) groups excluding carboxylic acids is 1. The molecule has 1 amide bonds. The Bertz CT molecular complexity index is 262. The largest absolute Gasteiger partial charge is 0.359 e. The minimum Gasteiger partial charge on any atom is -0.359 e. The zero-order valence-corrected chi connectivity index (χ0v) is 13.2. The van der Waals surface area contributed by atoms with Crippen LogP contribution in [0.1, 0.15) is 19.3 Å². The van der Waals surface area contributed by atoms with E-state index in [9.17, 15) is 4.79 Å². The van der Waals surface area contributed by atoms with Crippen LogP contribution in [0.25, 0.3) is 0 Å². The summed E-state index contributed by atoms with van der Waals surface area (Å²) in [4.78, 5) is 17.7. The second kappa shape index (κ2) is 8.54. The third kappa shape index (κ3) is 5.10. The van der Waals surface area contributed by atoms with Crippen LogP contribution in [0.3, 0.4) is 0 Å². The highest BCUT2D eigenvalue weighted by molar-refractivity contribution is 14.0. The number of halogens is 1. The Hall–Kier alpha value is -0.530. The molecule has 0 aromatic heterocycles. The van der Waals surface area contributed by atoms with Gasteiger partial charge in [0.25, 0.3) is 0 Å². The summed E-state index contributed by atoms with van der Waals surface area (Å²) in [5, 5.41) is 5.76. The van der Waals surface area contributed by atoms with Crippen molar-refractivity contribution in [3.8, 4) is 0 Å². The predicted molar refractivity (Wildman–Crippen MR) is 80.8 cm³/mol. The fourth-order valence-corrected chi connectivity index (χ4v) is 2.12. The fraction of sp³-hybridized carbons (Fsp3) is 0.818. The molecule has 0 radical (unpaired) electrons. The molecule has 0 unspecified atom stereocenters. The number of likely N-dealkylation sites (tertiary alicyclic amines) is 1. The van der Waals surface area contributed by atoms with E-state index >= 15 is 0 Å². The van der Waals surface area contributed by atoms with Crippen LogP contribution in [-0.2, 0) is 4.79 Å². The summed E-state index contributed by atoms with van der Waals surface area (Å²) >= 11 is 0. The molecular weight excluding hydrogens is 331 g/mol. The molecular formula is C11H23IN4O. The van der Waals surface area contributed by atoms with Gasteiger partial charge in [0.1, 0.15) is 0 Å². The van der Waals surface area contributed by atoms with Gasteiger partial charge in [0.15, 0.2) is 5.96 Å². The van der Waals surface area contributed by atoms with Gasteiger partial charge in [0.05, 0.1) is 0 Å². The van der Waals surface area contributed by atoms with E-state index in [1.807, 2.05) is 7.05 Å². The van der Waals surface area contributed by atoms with Crippen LogP contribution in [0.4, 0.5) is 0 Å². The Labute approximate surface area is 120 Å². The lowest BCUT2D eigenvalue weighted by atomic mass is 9.93. The molecule has 2 N–H and O–H groups in total. The Morgan fingerprint density at radius 2 is 1.88 bits per heavy atom. The first-order valence-electron chi connectivity index (χ1n) is 5.81. The Morgan fingerprint density at radius 3 is 2.29 bits per heavy atom. The van der Waals surface area contributed by atoms with Crippen LogP contribution in [0, 0.1) is 5.92 Å². The van der Waals surface area contributed by atoms with Gasteiger partial charge in [-0.05, 0) is 18.8 Å². The monoisotopic (exact) mass is 354 g/mol. The quantitative estimate of drug-likeness (QED) is 0.435. The van der Waals surface area contributed by atoms with E-state index in [0.717, 1.165) is 31.9 Å². The molecule has 0 saturated carbocycles. The molecule has 0 aromatic rings. The standard InChI is InChI=1S/C11H22N4O.HI/c1-12-10(16)8-9-4-6-15(7-5-9)11(13-2)14-3;/h9H,4-8H2,1-3H3,(H,12,16)(H,13,14);1H. The number of piperidine rings is 1. The molecule has 6 heteroatoms. The molecule has 0 bridgehead atoms. The van der Waals surface area contributed by atoms with Crippen molar-refractivity contribution in [1.82, 2.24) is 15.5 Å². The zero-order chi connectivity index (χ0) is 12.0. The van der Waals surface area contributed by atoms with Crippen molar-refractivity contribution in [3.63, 3.8) is 0 Å². The molecule has 1 saturated heterocycles. The number of aliphatic imine (C=N–C) groups is 1. The second-order valence-corrected chi connectivity index (χ2v) is 4.10. The van der Waals surface area contributed by atoms with Crippen molar-refractivity contribution in [1.29, 1.82) is 0 Å². The average Bonchev–Trinajstić information content (AvgIpc) is 2.32. The van der Waals surface area contributed by atoms with Gasteiger partial charge in [-0.1, -0.05) is 0 Å². The number of rotatable bonds is 2. The Morgan fingerprint density at radius 1 is 1.29 bits per heavy atom. The number of hydrogen-bond acceptors (Lipinski definition) is 2. The smallest absolute Gasteiger partial charge is 0.220 e. The molecule has 1 rings (SSSR count). The van der Waals surface area contributed by atoms with E-state index < -0.39 is 0 Å². The van der Waals surface area contributed by atoms with Gasteiger partial charge in [-0.15, -0.1) is 24.0 Å². The molecule has 1 fully saturated rings. The summed E-state index contributed by atoms with van der Waals surface area (Å²) in [6.45, 7) is 1.96. The van der Waals surface area contributed by atoms with Crippen LogP contribution >= 0.6 is 24.0 Å². The molecule has 100 valence electrons. The van der Waals surface area contributed by atoms with Crippen molar-refractivity contribution in [2.75, 3.05) is 34.2 Å². The first kappa shape index (κ1) is 16.5. The number of hydrogen-bond donors (Lipinski definition) is 2. The van der Waals surface area contributed by atoms with Gasteiger partial charge in [-0.25, -0.2) is 0 Å². The lowest BCUT2D eigenvalue weighted by Gasteiger charge is -2.33. The first-order chi connectivity index (χ1) is 7.71. The maximum atomic E-state index is 11.2. The molecule has 0 spiro atoms. The summed E-state index contributed by atoms with van der Waals surface area (Å²) in [6.07, 6.45) is 2.78. The summed E-state index contributed by atoms with van der Waals surface area (Å²) in [7, 11) is 5.38. The minimum atomic E-state index is 0. The van der Waals surface area contributed by atoms with E-state index in [0.29, 0.717) is 12.3 Å². The third-order valence-corrected chi connectivity index (χ3v) is 3.10. The number of guanidine groups is 1. The van der Waals surface area contributed by atoms with Crippen molar-refractivity contribution < 1.29 is 4.79 Å². The van der Waals surface area contributed by atoms with Gasteiger partial charge in [-0.2, -0.15) is 0 Å². The first-order valence-corrected chi connectivity index (χ1v) is 5.81. The molecule has 0 atom stereocenters. The average molecular weight is 354 g/mol. The van der Waals surface area contributed by atoms with E-state index in [-0.39, 0.29) is 29.9 Å². The predicted octanol–water partition coefficient (Wildman–Crippen LogP) is 0.658. The van der Waals surface area contributed by atoms with Crippen LogP contribution in [0.15, 0.2) is 4.99 Å². The topological polar surface area (TPSA) is 56.7 Å². The van der Waals surface area contributed by atoms with Crippen molar-refractivity contribution in [2.45, 2.75) is 19.3 Å². The van der Waals surface area contributed by atoms with Crippen LogP contribution < -0.4 is 10.6 Å². The molecule has 1 aliphatic heterocycles. The van der Waals surface area contributed by atoms with Crippen molar-refractivity contribution >= 4 is 35.8 Å². The highest BCUT2D eigenvalue weighted by atomic mass is 127. The van der Waals surface area contributed by atoms with Gasteiger partial charge < -0.3 is 15.5 Å². The van der Waals surface area contributed by atoms with Crippen LogP contribution in [0.2, 0.25) is 0 Å². The lowest BCUT2D eigenvalue weighted by molar-refractivity contribution is -0.121. The highest BCUT2D eigenvalue weighted by Crippen LogP contribution is 2.20. The van der Waals surface area contributed by atoms with Crippen LogP contribution in [0.5, 0.6) is 0 Å². The van der Waals surface area contributed by atoms with Gasteiger partial charge in [0.2, 0.25) is 5.91 Å². The molecule has 1 aliphatic rings. The van der Waals surface area contributed by atoms with Crippen molar-refractivity contribution in [3.05, 3.63) is 0 Å². The van der Waals surface area contributed by atoms with Gasteiger partial charge in [0, 0.05) is 40.7 Å². The molecule has 0 aromatic carbocycles. The molecule has 1 heterocycles. The van der Waals surface area contributed by atoms with Gasteiger partial charge >= 0.3 is 0 Å². The summed E-state index contributed by atoms with van der Waals surface area (Å²) in [6, 6.07) is 0. The van der Waals surface area contributed by atoms with E-state index in [2.05, 4.69) is 20.5 Å². The van der Waals surface area contributed by atoms with E-state index in [1.165, 1.54) is 0 Å². The second-order valence-electron chi connectivity index (χ2n) is 4.10. The fourth-order valence-electron chi connectivity index (χ4n) is 2.12. The highest BCUT2D eigenvalue weighted by Gasteiger charge is 2.22. The molecule has 0 aliphatic carbocycles. The molecule has 17 heavy (non-hydrogen) atoms. The third-order valence-electron chi connectivity index (χ3n) is 3.10. The van der Waals surface area contributed by atoms with Crippen LogP contribution in [-0.4, -0.2) is 51.0 Å². The maximum Gasteiger partial charge on any atom is 0.220 e. The zero-order valence-electron chi connectivity index (χ0n) is 10.8. The van der Waals surface area contributed by atoms with E-state index in [4.69, 9.17) is 0 Å². The normalized spacial score (nSPS) is 17.4. The minimum absolute atomic E-state index is 0. The number of nitrogens with one attached hydrogen (secondary N) is 2. The number of carbonyl (C=O) groups is 1. The van der Waals surface area contributed by atoms with Crippen molar-refractivity contribution in [2.24, 2.45) is 10.9 Å².